The maximum absolute atomic E-state index is 11.2. The molecule has 0 aliphatic heterocycles. The number of esters is 1. The molecule has 0 unspecified atom stereocenters. The van der Waals surface area contributed by atoms with E-state index in [0.29, 0.717) is 5.92 Å². The first kappa shape index (κ1) is 15.5. The SMILES string of the molecule is CC(=O)O[C@@H](CCCI)[C@H](C)Cc1ccccc1. The van der Waals surface area contributed by atoms with Crippen LogP contribution >= 0.6 is 22.6 Å². The van der Waals surface area contributed by atoms with Crippen LogP contribution in [0.5, 0.6) is 0 Å². The third kappa shape index (κ3) is 5.85. The number of hydrogen-bond acceptors (Lipinski definition) is 2. The van der Waals surface area contributed by atoms with Crippen LogP contribution in [0, 0.1) is 5.92 Å². The Hall–Kier alpha value is -0.580. The van der Waals surface area contributed by atoms with Gasteiger partial charge in [-0.1, -0.05) is 59.8 Å². The number of alkyl halides is 1. The monoisotopic (exact) mass is 360 g/mol. The van der Waals surface area contributed by atoms with Gasteiger partial charge in [0.05, 0.1) is 0 Å². The molecule has 0 radical (unpaired) electrons. The number of carbonyl (C=O) groups excluding carboxylic acids is 1. The summed E-state index contributed by atoms with van der Waals surface area (Å²) in [6, 6.07) is 10.4. The fraction of sp³-hybridized carbons (Fsp3) is 0.533. The summed E-state index contributed by atoms with van der Waals surface area (Å²) in [7, 11) is 0. The number of benzene rings is 1. The van der Waals surface area contributed by atoms with Crippen LogP contribution in [-0.2, 0) is 16.0 Å². The molecule has 0 N–H and O–H groups in total. The van der Waals surface area contributed by atoms with E-state index in [9.17, 15) is 4.79 Å². The zero-order valence-electron chi connectivity index (χ0n) is 11.1. The van der Waals surface area contributed by atoms with Gasteiger partial charge in [0.1, 0.15) is 6.10 Å². The lowest BCUT2D eigenvalue weighted by atomic mass is 9.93. The number of halogens is 1. The van der Waals surface area contributed by atoms with Crippen molar-refractivity contribution in [2.75, 3.05) is 4.43 Å². The summed E-state index contributed by atoms with van der Waals surface area (Å²) in [6.07, 6.45) is 3.05. The molecule has 1 rings (SSSR count). The third-order valence-corrected chi connectivity index (χ3v) is 3.74. The average molecular weight is 360 g/mol. The van der Waals surface area contributed by atoms with Crippen LogP contribution in [-0.4, -0.2) is 16.5 Å². The summed E-state index contributed by atoms with van der Waals surface area (Å²) < 4.78 is 6.55. The van der Waals surface area contributed by atoms with Crippen LogP contribution in [0.1, 0.15) is 32.3 Å². The predicted molar refractivity (Wildman–Crippen MR) is 83.0 cm³/mol. The second-order valence-corrected chi connectivity index (χ2v) is 5.72. The maximum atomic E-state index is 11.2. The highest BCUT2D eigenvalue weighted by Gasteiger charge is 2.20. The minimum Gasteiger partial charge on any atom is -0.462 e. The van der Waals surface area contributed by atoms with Crippen LogP contribution in [0.2, 0.25) is 0 Å². The lowest BCUT2D eigenvalue weighted by Crippen LogP contribution is -2.26. The second kappa shape index (κ2) is 8.51. The quantitative estimate of drug-likeness (QED) is 0.417. The Labute approximate surface area is 123 Å². The van der Waals surface area contributed by atoms with Crippen molar-refractivity contribution in [3.63, 3.8) is 0 Å². The van der Waals surface area contributed by atoms with Crippen molar-refractivity contribution in [3.05, 3.63) is 35.9 Å². The molecule has 2 nitrogen and oxygen atoms in total. The molecule has 0 fully saturated rings. The van der Waals surface area contributed by atoms with Crippen LogP contribution in [0.3, 0.4) is 0 Å². The summed E-state index contributed by atoms with van der Waals surface area (Å²) in [4.78, 5) is 11.2. The molecule has 1 aromatic carbocycles. The van der Waals surface area contributed by atoms with Crippen molar-refractivity contribution >= 4 is 28.6 Å². The van der Waals surface area contributed by atoms with Crippen molar-refractivity contribution in [3.8, 4) is 0 Å². The first-order chi connectivity index (χ1) is 8.63. The molecule has 0 saturated carbocycles. The summed E-state index contributed by atoms with van der Waals surface area (Å²) in [5.41, 5.74) is 1.30. The highest BCUT2D eigenvalue weighted by molar-refractivity contribution is 14.1. The van der Waals surface area contributed by atoms with Crippen LogP contribution in [0.15, 0.2) is 30.3 Å². The van der Waals surface area contributed by atoms with Gasteiger partial charge in [-0.25, -0.2) is 0 Å². The minimum atomic E-state index is -0.173. The molecule has 100 valence electrons. The van der Waals surface area contributed by atoms with Crippen LogP contribution in [0.4, 0.5) is 0 Å². The molecule has 0 aromatic heterocycles. The summed E-state index contributed by atoms with van der Waals surface area (Å²) in [5.74, 6) is 0.188. The van der Waals surface area contributed by atoms with Gasteiger partial charge in [-0.15, -0.1) is 0 Å². The number of rotatable bonds is 7. The number of ether oxygens (including phenoxy) is 1. The lowest BCUT2D eigenvalue weighted by Gasteiger charge is -2.23. The van der Waals surface area contributed by atoms with E-state index >= 15 is 0 Å². The number of carbonyl (C=O) groups is 1. The normalized spacial score (nSPS) is 13.9. The molecule has 3 heteroatoms. The number of hydrogen-bond donors (Lipinski definition) is 0. The van der Waals surface area contributed by atoms with Crippen LogP contribution < -0.4 is 0 Å². The molecule has 0 saturated heterocycles. The van der Waals surface area contributed by atoms with E-state index in [1.807, 2.05) is 18.2 Å². The Morgan fingerprint density at radius 3 is 2.56 bits per heavy atom. The molecular formula is C15H21IO2. The van der Waals surface area contributed by atoms with Crippen molar-refractivity contribution in [2.45, 2.75) is 39.2 Å². The zero-order chi connectivity index (χ0) is 13.4. The van der Waals surface area contributed by atoms with Gasteiger partial charge in [-0.3, -0.25) is 4.79 Å². The zero-order valence-corrected chi connectivity index (χ0v) is 13.2. The van der Waals surface area contributed by atoms with Gasteiger partial charge in [-0.05, 0) is 35.2 Å². The second-order valence-electron chi connectivity index (χ2n) is 4.65. The summed E-state index contributed by atoms with van der Waals surface area (Å²) in [5, 5.41) is 0. The maximum Gasteiger partial charge on any atom is 0.302 e. The molecule has 0 aliphatic carbocycles. The average Bonchev–Trinajstić information content (AvgIpc) is 2.35. The Bertz CT molecular complexity index is 351. The largest absolute Gasteiger partial charge is 0.462 e. The Balaban J connectivity index is 2.57. The smallest absolute Gasteiger partial charge is 0.302 e. The van der Waals surface area contributed by atoms with E-state index in [4.69, 9.17) is 4.74 Å². The molecule has 1 aromatic rings. The molecule has 0 bridgehead atoms. The van der Waals surface area contributed by atoms with Gasteiger partial charge < -0.3 is 4.74 Å². The van der Waals surface area contributed by atoms with E-state index in [1.54, 1.807) is 0 Å². The predicted octanol–water partition coefficient (Wildman–Crippen LogP) is 4.01. The molecular weight excluding hydrogens is 339 g/mol. The third-order valence-electron chi connectivity index (χ3n) is 2.97. The topological polar surface area (TPSA) is 26.3 Å². The van der Waals surface area contributed by atoms with Crippen molar-refractivity contribution < 1.29 is 9.53 Å². The molecule has 0 spiro atoms. The summed E-state index contributed by atoms with van der Waals surface area (Å²) >= 11 is 2.36. The van der Waals surface area contributed by atoms with Crippen LogP contribution in [0.25, 0.3) is 0 Å². The van der Waals surface area contributed by atoms with Gasteiger partial charge in [0.25, 0.3) is 0 Å². The van der Waals surface area contributed by atoms with E-state index in [0.717, 1.165) is 23.7 Å². The first-order valence-electron chi connectivity index (χ1n) is 6.40. The lowest BCUT2D eigenvalue weighted by molar-refractivity contribution is -0.149. The molecule has 0 amide bonds. The standard InChI is InChI=1S/C15H21IO2/c1-12(11-14-7-4-3-5-8-14)15(9-6-10-16)18-13(2)17/h3-5,7-8,12,15H,6,9-11H2,1-2H3/t12-,15+/m1/s1. The van der Waals surface area contributed by atoms with E-state index in [2.05, 4.69) is 41.6 Å². The van der Waals surface area contributed by atoms with Gasteiger partial charge in [-0.2, -0.15) is 0 Å². The molecule has 0 aliphatic rings. The van der Waals surface area contributed by atoms with Gasteiger partial charge >= 0.3 is 5.97 Å². The van der Waals surface area contributed by atoms with Gasteiger partial charge in [0.15, 0.2) is 0 Å². The first-order valence-corrected chi connectivity index (χ1v) is 7.93. The Morgan fingerprint density at radius 2 is 2.00 bits per heavy atom. The van der Waals surface area contributed by atoms with Gasteiger partial charge in [0.2, 0.25) is 0 Å². The minimum absolute atomic E-state index is 0.0393. The molecule has 18 heavy (non-hydrogen) atoms. The Morgan fingerprint density at radius 1 is 1.33 bits per heavy atom. The van der Waals surface area contributed by atoms with E-state index < -0.39 is 0 Å². The van der Waals surface area contributed by atoms with Gasteiger partial charge in [0, 0.05) is 6.92 Å². The molecule has 2 atom stereocenters. The fourth-order valence-electron chi connectivity index (χ4n) is 2.07. The molecule has 0 heterocycles. The van der Waals surface area contributed by atoms with E-state index in [-0.39, 0.29) is 12.1 Å². The highest BCUT2D eigenvalue weighted by Crippen LogP contribution is 2.19. The van der Waals surface area contributed by atoms with Crippen molar-refractivity contribution in [1.82, 2.24) is 0 Å². The summed E-state index contributed by atoms with van der Waals surface area (Å²) in [6.45, 7) is 3.65. The van der Waals surface area contributed by atoms with Crippen molar-refractivity contribution in [1.29, 1.82) is 0 Å². The van der Waals surface area contributed by atoms with E-state index in [1.165, 1.54) is 12.5 Å². The highest BCUT2D eigenvalue weighted by atomic mass is 127. The Kier molecular flexibility index (Phi) is 7.32. The fourth-order valence-corrected chi connectivity index (χ4v) is 2.51. The van der Waals surface area contributed by atoms with Crippen molar-refractivity contribution in [2.24, 2.45) is 5.92 Å².